The summed E-state index contributed by atoms with van der Waals surface area (Å²) in [4.78, 5) is 24.3. The van der Waals surface area contributed by atoms with Gasteiger partial charge in [-0.1, -0.05) is 0 Å². The van der Waals surface area contributed by atoms with Gasteiger partial charge in [0.05, 0.1) is 4.90 Å². The molecule has 27 heavy (non-hydrogen) atoms. The molecule has 1 aromatic heterocycles. The number of aliphatic hydroxyl groups is 2. The summed E-state index contributed by atoms with van der Waals surface area (Å²) in [6.07, 6.45) is -6.43. The van der Waals surface area contributed by atoms with Crippen LogP contribution in [0.1, 0.15) is 6.23 Å². The highest BCUT2D eigenvalue weighted by atomic mass is 32.2. The van der Waals surface area contributed by atoms with E-state index < -0.39 is 56.0 Å². The van der Waals surface area contributed by atoms with Gasteiger partial charge in [0.2, 0.25) is 15.3 Å². The Balaban J connectivity index is 1.92. The molecule has 0 saturated carbocycles. The molecule has 0 bridgehead atoms. The lowest BCUT2D eigenvalue weighted by Crippen LogP contribution is -2.40. The lowest BCUT2D eigenvalue weighted by atomic mass is 10.1. The van der Waals surface area contributed by atoms with Gasteiger partial charge in [0.15, 0.2) is 6.23 Å². The van der Waals surface area contributed by atoms with Crippen molar-refractivity contribution in [3.8, 4) is 5.75 Å². The van der Waals surface area contributed by atoms with E-state index in [1.807, 2.05) is 4.98 Å². The number of aliphatic hydroxyl groups excluding tert-OH is 2. The number of hydrogen-bond donors (Lipinski definition) is 4. The number of hydrogen-bond acceptors (Lipinski definition) is 8. The zero-order valence-corrected chi connectivity index (χ0v) is 14.3. The van der Waals surface area contributed by atoms with Crippen molar-refractivity contribution in [1.82, 2.24) is 9.55 Å². The van der Waals surface area contributed by atoms with E-state index in [-0.39, 0.29) is 5.75 Å². The molecule has 0 aliphatic carbocycles. The van der Waals surface area contributed by atoms with E-state index in [1.165, 1.54) is 0 Å². The van der Waals surface area contributed by atoms with Crippen LogP contribution >= 0.6 is 0 Å². The molecule has 0 radical (unpaired) electrons. The first-order valence-electron chi connectivity index (χ1n) is 7.63. The Bertz CT molecular complexity index is 1050. The minimum absolute atomic E-state index is 0.227. The minimum atomic E-state index is -4.64. The summed E-state index contributed by atoms with van der Waals surface area (Å²) in [5.41, 5.74) is -4.48. The SMILES string of the molecule is O=c1ccn([C@@H]2O[C@H](C(F)S(=O)(=O)c3ccc(O)cc3)[C@@H](O)[C@H]2O)c(=O)[nH]1. The smallest absolute Gasteiger partial charge is 0.330 e. The number of nitrogens with zero attached hydrogens (tertiary/aromatic N) is 1. The van der Waals surface area contributed by atoms with Crippen LogP contribution in [0.3, 0.4) is 0 Å². The third kappa shape index (κ3) is 3.39. The van der Waals surface area contributed by atoms with Gasteiger partial charge < -0.3 is 20.1 Å². The van der Waals surface area contributed by atoms with Crippen molar-refractivity contribution in [2.75, 3.05) is 0 Å². The molecule has 0 amide bonds. The van der Waals surface area contributed by atoms with E-state index in [1.54, 1.807) is 0 Å². The molecular weight excluding hydrogens is 387 g/mol. The van der Waals surface area contributed by atoms with Crippen molar-refractivity contribution in [1.29, 1.82) is 0 Å². The molecule has 2 aromatic rings. The van der Waals surface area contributed by atoms with E-state index in [2.05, 4.69) is 0 Å². The third-order valence-electron chi connectivity index (χ3n) is 4.12. The number of sulfone groups is 1. The van der Waals surface area contributed by atoms with E-state index in [9.17, 15) is 37.7 Å². The first-order valence-corrected chi connectivity index (χ1v) is 9.17. The summed E-state index contributed by atoms with van der Waals surface area (Å²) >= 11 is 0. The topological polar surface area (TPSA) is 159 Å². The number of phenolic OH excluding ortho intramolecular Hbond substituents is 1. The summed E-state index contributed by atoms with van der Waals surface area (Å²) in [5.74, 6) is -0.227. The van der Waals surface area contributed by atoms with Gasteiger partial charge in [-0.05, 0) is 24.3 Å². The van der Waals surface area contributed by atoms with Crippen molar-refractivity contribution in [2.24, 2.45) is 0 Å². The Kier molecular flexibility index (Phi) is 4.90. The van der Waals surface area contributed by atoms with Gasteiger partial charge >= 0.3 is 5.69 Å². The minimum Gasteiger partial charge on any atom is -0.508 e. The zero-order chi connectivity index (χ0) is 19.9. The molecule has 1 unspecified atom stereocenters. The second kappa shape index (κ2) is 6.88. The number of alkyl halides is 1. The maximum atomic E-state index is 14.8. The van der Waals surface area contributed by atoms with E-state index in [0.29, 0.717) is 4.57 Å². The van der Waals surface area contributed by atoms with Crippen LogP contribution in [0.5, 0.6) is 5.75 Å². The maximum Gasteiger partial charge on any atom is 0.330 e. The Hall–Kier alpha value is -2.54. The number of aromatic amines is 1. The summed E-state index contributed by atoms with van der Waals surface area (Å²) in [5, 5.41) is 29.3. The molecule has 1 fully saturated rings. The molecule has 1 aliphatic heterocycles. The van der Waals surface area contributed by atoms with Crippen LogP contribution < -0.4 is 11.2 Å². The highest BCUT2D eigenvalue weighted by Crippen LogP contribution is 2.34. The van der Waals surface area contributed by atoms with Crippen molar-refractivity contribution in [2.45, 2.75) is 34.9 Å². The summed E-state index contributed by atoms with van der Waals surface area (Å²) in [6.45, 7) is 0. The second-order valence-corrected chi connectivity index (χ2v) is 7.89. The van der Waals surface area contributed by atoms with Gasteiger partial charge in [-0.2, -0.15) is 0 Å². The van der Waals surface area contributed by atoms with Crippen molar-refractivity contribution < 1.29 is 32.9 Å². The standard InChI is InChI=1S/C15H15FN2O8S/c16-13(27(24,25)8-3-1-7(19)2-4-8)12-10(21)11(22)14(26-12)18-6-5-9(20)17-15(18)23/h1-6,10-14,19,21-22H,(H,17,20,23)/t10-,11+,12-,13?,14+/m0/s1. The Labute approximate surface area is 151 Å². The van der Waals surface area contributed by atoms with Crippen molar-refractivity contribution >= 4 is 9.84 Å². The molecule has 5 atom stereocenters. The fourth-order valence-corrected chi connectivity index (χ4v) is 4.06. The van der Waals surface area contributed by atoms with Crippen LogP contribution in [0.2, 0.25) is 0 Å². The van der Waals surface area contributed by atoms with Crippen LogP contribution in [0.4, 0.5) is 4.39 Å². The lowest BCUT2D eigenvalue weighted by Gasteiger charge is -2.19. The summed E-state index contributed by atoms with van der Waals surface area (Å²) < 4.78 is 45.4. The number of halogens is 1. The molecule has 2 heterocycles. The predicted octanol–water partition coefficient (Wildman–Crippen LogP) is -1.37. The monoisotopic (exact) mass is 402 g/mol. The van der Waals surface area contributed by atoms with Crippen LogP contribution in [0.25, 0.3) is 0 Å². The van der Waals surface area contributed by atoms with Crippen LogP contribution in [-0.4, -0.2) is 57.1 Å². The number of H-pyrrole nitrogens is 1. The van der Waals surface area contributed by atoms with E-state index in [0.717, 1.165) is 36.5 Å². The second-order valence-electron chi connectivity index (χ2n) is 5.88. The summed E-state index contributed by atoms with van der Waals surface area (Å²) in [6, 6.07) is 4.97. The Morgan fingerprint density at radius 3 is 2.33 bits per heavy atom. The molecule has 12 heteroatoms. The predicted molar refractivity (Wildman–Crippen MR) is 87.4 cm³/mol. The molecule has 1 aromatic carbocycles. The van der Waals surface area contributed by atoms with Crippen molar-refractivity contribution in [3.63, 3.8) is 0 Å². The zero-order valence-electron chi connectivity index (χ0n) is 13.5. The number of benzene rings is 1. The molecule has 10 nitrogen and oxygen atoms in total. The van der Waals surface area contributed by atoms with Gasteiger partial charge in [-0.3, -0.25) is 14.3 Å². The first kappa shape index (κ1) is 19.2. The molecular formula is C15H15FN2O8S. The fourth-order valence-electron chi connectivity index (χ4n) is 2.70. The first-order chi connectivity index (χ1) is 12.6. The average Bonchev–Trinajstić information content (AvgIpc) is 2.90. The number of rotatable bonds is 4. The number of phenols is 1. The largest absolute Gasteiger partial charge is 0.508 e. The Morgan fingerprint density at radius 1 is 1.11 bits per heavy atom. The van der Waals surface area contributed by atoms with Crippen LogP contribution in [0, 0.1) is 0 Å². The maximum absolute atomic E-state index is 14.8. The molecule has 3 rings (SSSR count). The van der Waals surface area contributed by atoms with Gasteiger partial charge in [-0.25, -0.2) is 17.6 Å². The van der Waals surface area contributed by atoms with Crippen molar-refractivity contribution in [3.05, 3.63) is 57.4 Å². The number of aromatic nitrogens is 2. The number of ether oxygens (including phenoxy) is 1. The quantitative estimate of drug-likeness (QED) is 0.488. The molecule has 1 saturated heterocycles. The molecule has 0 spiro atoms. The number of nitrogens with one attached hydrogen (secondary N) is 1. The fraction of sp³-hybridized carbons (Fsp3) is 0.333. The summed E-state index contributed by atoms with van der Waals surface area (Å²) in [7, 11) is -4.64. The molecule has 146 valence electrons. The van der Waals surface area contributed by atoms with E-state index >= 15 is 0 Å². The number of aromatic hydroxyl groups is 1. The Morgan fingerprint density at radius 2 is 1.74 bits per heavy atom. The molecule has 1 aliphatic rings. The van der Waals surface area contributed by atoms with Gasteiger partial charge in [0.1, 0.15) is 24.1 Å². The molecule has 4 N–H and O–H groups in total. The van der Waals surface area contributed by atoms with Gasteiger partial charge in [-0.15, -0.1) is 0 Å². The van der Waals surface area contributed by atoms with Crippen LogP contribution in [0.15, 0.2) is 51.0 Å². The average molecular weight is 402 g/mol. The van der Waals surface area contributed by atoms with Crippen LogP contribution in [-0.2, 0) is 14.6 Å². The van der Waals surface area contributed by atoms with E-state index in [4.69, 9.17) is 4.74 Å². The lowest BCUT2D eigenvalue weighted by molar-refractivity contribution is -0.0516. The van der Waals surface area contributed by atoms with Gasteiger partial charge in [0.25, 0.3) is 5.56 Å². The normalized spacial score (nSPS) is 26.8. The third-order valence-corrected chi connectivity index (χ3v) is 5.91. The van der Waals surface area contributed by atoms with Gasteiger partial charge in [0, 0.05) is 12.3 Å². The highest BCUT2D eigenvalue weighted by molar-refractivity contribution is 7.92. The highest BCUT2D eigenvalue weighted by Gasteiger charge is 2.51.